The first-order valence-electron chi connectivity index (χ1n) is 16.7. The van der Waals surface area contributed by atoms with Crippen LogP contribution in [0.25, 0.3) is 0 Å². The molecule has 278 valence electrons. The molecule has 2 fully saturated rings. The Morgan fingerprint density at radius 1 is 0.962 bits per heavy atom. The minimum Gasteiger partial charge on any atom is -0.480 e. The molecule has 0 aliphatic heterocycles. The molecule has 3 atom stereocenters. The minimum absolute atomic E-state index is 0.0338. The Hall–Kier alpha value is -5.19. The molecule has 3 aromatic rings. The molecule has 2 aliphatic carbocycles. The number of ether oxygens (including phenoxy) is 1. The van der Waals surface area contributed by atoms with Crippen molar-refractivity contribution in [3.8, 4) is 6.01 Å². The monoisotopic (exact) mass is 746 g/mol. The third-order valence-corrected chi connectivity index (χ3v) is 9.09. The molecule has 0 spiro atoms. The molecule has 18 heteroatoms. The Morgan fingerprint density at radius 3 is 2.27 bits per heavy atom. The summed E-state index contributed by atoms with van der Waals surface area (Å²) in [4.78, 5) is 61.6. The zero-order chi connectivity index (χ0) is 37.5. The van der Waals surface area contributed by atoms with Gasteiger partial charge < -0.3 is 36.4 Å². The summed E-state index contributed by atoms with van der Waals surface area (Å²) in [6.45, 7) is 0.213. The van der Waals surface area contributed by atoms with Crippen LogP contribution < -0.4 is 31.3 Å². The number of hydrogen-bond acceptors (Lipinski definition) is 10. The molecule has 6 N–H and O–H groups in total. The van der Waals surface area contributed by atoms with Gasteiger partial charge in [0.15, 0.2) is 6.61 Å². The lowest BCUT2D eigenvalue weighted by Crippen LogP contribution is -2.49. The highest BCUT2D eigenvalue weighted by Gasteiger charge is 2.45. The molecule has 1 aromatic heterocycles. The van der Waals surface area contributed by atoms with E-state index in [0.717, 1.165) is 31.2 Å². The number of nitrogens with one attached hydrogen (secondary N) is 5. The van der Waals surface area contributed by atoms with Crippen LogP contribution in [0.1, 0.15) is 67.8 Å². The molecule has 0 saturated heterocycles. The van der Waals surface area contributed by atoms with Gasteiger partial charge in [-0.05, 0) is 80.0 Å². The molecule has 2 aliphatic rings. The number of amides is 3. The van der Waals surface area contributed by atoms with Gasteiger partial charge in [0.25, 0.3) is 5.91 Å². The summed E-state index contributed by atoms with van der Waals surface area (Å²) in [6, 6.07) is 10.8. The number of rotatable bonds is 14. The van der Waals surface area contributed by atoms with Crippen molar-refractivity contribution >= 4 is 52.9 Å². The second-order valence-electron chi connectivity index (χ2n) is 12.8. The number of carbonyl (C=O) groups is 4. The molecule has 0 bridgehead atoms. The first-order chi connectivity index (χ1) is 24.7. The van der Waals surface area contributed by atoms with Gasteiger partial charge in [-0.3, -0.25) is 14.4 Å². The lowest BCUT2D eigenvalue weighted by molar-refractivity contribution is -0.154. The van der Waals surface area contributed by atoms with E-state index in [1.807, 2.05) is 19.1 Å². The number of nitrogens with zero attached hydrogens (tertiary/aromatic N) is 3. The van der Waals surface area contributed by atoms with Crippen LogP contribution >= 0.6 is 11.6 Å². The standard InChI is InChI=1S/C34H38ClF3N8O6/c1-19-4-2-3-5-24(19)41-28(49)27(48)39-17-14-25(29(50)51)42-26(47)20-6-12-23(13-7-20)40-30-43-31(45-32(44-30)52-18-34(36,37)38)46-33(15-16-33)21-8-10-22(35)11-9-21/h6-13,19,24-25H,2-5,14-18H2,1H3,(H,39,48)(H,41,49)(H,42,47)(H,50,51)(H2,40,43,44,45,46)/t19?,24?,25-/m0/s1. The van der Waals surface area contributed by atoms with Crippen LogP contribution in [-0.2, 0) is 19.9 Å². The summed E-state index contributed by atoms with van der Waals surface area (Å²) < 4.78 is 43.6. The topological polar surface area (TPSA) is 197 Å². The van der Waals surface area contributed by atoms with Gasteiger partial charge in [-0.25, -0.2) is 4.79 Å². The Labute approximate surface area is 301 Å². The summed E-state index contributed by atoms with van der Waals surface area (Å²) in [6.07, 6.45) is 0.374. The smallest absolute Gasteiger partial charge is 0.422 e. The number of carboxylic acids is 1. The second-order valence-corrected chi connectivity index (χ2v) is 13.3. The molecule has 5 rings (SSSR count). The van der Waals surface area contributed by atoms with Crippen LogP contribution in [0.3, 0.4) is 0 Å². The number of alkyl halides is 3. The summed E-state index contributed by atoms with van der Waals surface area (Å²) in [7, 11) is 0. The van der Waals surface area contributed by atoms with Crippen LogP contribution in [0.4, 0.5) is 30.8 Å². The van der Waals surface area contributed by atoms with Crippen molar-refractivity contribution in [3.63, 3.8) is 0 Å². The molecule has 2 unspecified atom stereocenters. The summed E-state index contributed by atoms with van der Waals surface area (Å²) in [5.41, 5.74) is 0.765. The zero-order valence-corrected chi connectivity index (χ0v) is 28.8. The van der Waals surface area contributed by atoms with Crippen molar-refractivity contribution in [1.29, 1.82) is 0 Å². The Balaban J connectivity index is 1.18. The predicted molar refractivity (Wildman–Crippen MR) is 183 cm³/mol. The fraction of sp³-hybridized carbons (Fsp3) is 0.441. The number of benzene rings is 2. The number of anilines is 3. The van der Waals surface area contributed by atoms with Crippen molar-refractivity contribution in [2.75, 3.05) is 23.8 Å². The molecule has 3 amide bonds. The van der Waals surface area contributed by atoms with E-state index in [1.165, 1.54) is 24.3 Å². The van der Waals surface area contributed by atoms with Crippen molar-refractivity contribution in [2.45, 2.75) is 75.7 Å². The van der Waals surface area contributed by atoms with Crippen molar-refractivity contribution in [2.24, 2.45) is 5.92 Å². The fourth-order valence-corrected chi connectivity index (χ4v) is 5.91. The average molecular weight is 747 g/mol. The Morgan fingerprint density at radius 2 is 1.63 bits per heavy atom. The number of aromatic nitrogens is 3. The summed E-state index contributed by atoms with van der Waals surface area (Å²) >= 11 is 6.02. The number of carboxylic acid groups (broad SMARTS) is 1. The normalized spacial score (nSPS) is 18.3. The molecular weight excluding hydrogens is 709 g/mol. The van der Waals surface area contributed by atoms with Gasteiger partial charge in [0.1, 0.15) is 6.04 Å². The molecule has 1 heterocycles. The first-order valence-corrected chi connectivity index (χ1v) is 17.1. The first kappa shape index (κ1) is 38.1. The largest absolute Gasteiger partial charge is 0.480 e. The van der Waals surface area contributed by atoms with Crippen LogP contribution in [0.15, 0.2) is 48.5 Å². The molecule has 14 nitrogen and oxygen atoms in total. The Kier molecular flexibility index (Phi) is 12.0. The van der Waals surface area contributed by atoms with Crippen molar-refractivity contribution < 1.29 is 42.2 Å². The second kappa shape index (κ2) is 16.4. The number of hydrogen-bond donors (Lipinski definition) is 6. The van der Waals surface area contributed by atoms with E-state index < -0.39 is 54.1 Å². The van der Waals surface area contributed by atoms with Crippen LogP contribution in [0, 0.1) is 5.92 Å². The van der Waals surface area contributed by atoms with Crippen LogP contribution in [0.5, 0.6) is 6.01 Å². The number of aliphatic carboxylic acids is 1. The van der Waals surface area contributed by atoms with E-state index in [4.69, 9.17) is 16.3 Å². The maximum absolute atomic E-state index is 12.9. The number of halogens is 4. The quantitative estimate of drug-likeness (QED) is 0.125. The zero-order valence-electron chi connectivity index (χ0n) is 28.1. The van der Waals surface area contributed by atoms with E-state index in [9.17, 15) is 37.5 Å². The molecule has 52 heavy (non-hydrogen) atoms. The molecule has 0 radical (unpaired) electrons. The van der Waals surface area contributed by atoms with Crippen molar-refractivity contribution in [1.82, 2.24) is 30.9 Å². The summed E-state index contributed by atoms with van der Waals surface area (Å²) in [5, 5.41) is 23.8. The van der Waals surface area contributed by atoms with Gasteiger partial charge in [-0.15, -0.1) is 0 Å². The highest BCUT2D eigenvalue weighted by atomic mass is 35.5. The number of carbonyl (C=O) groups excluding carboxylic acids is 3. The van der Waals surface area contributed by atoms with Gasteiger partial charge in [0.2, 0.25) is 11.9 Å². The molecule has 2 saturated carbocycles. The summed E-state index contributed by atoms with van der Waals surface area (Å²) in [5.74, 6) is -3.66. The predicted octanol–water partition coefficient (Wildman–Crippen LogP) is 4.70. The third-order valence-electron chi connectivity index (χ3n) is 8.84. The van der Waals surface area contributed by atoms with Gasteiger partial charge >= 0.3 is 30.0 Å². The van der Waals surface area contributed by atoms with Crippen molar-refractivity contribution in [3.05, 3.63) is 64.7 Å². The van der Waals surface area contributed by atoms with Gasteiger partial charge in [0.05, 0.1) is 5.54 Å². The van der Waals surface area contributed by atoms with E-state index >= 15 is 0 Å². The maximum Gasteiger partial charge on any atom is 0.422 e. The van der Waals surface area contributed by atoms with E-state index in [1.54, 1.807) is 12.1 Å². The SMILES string of the molecule is CC1CCCCC1NC(=O)C(=O)NCC[C@H](NC(=O)c1ccc(Nc2nc(NC3(c4ccc(Cl)cc4)CC3)nc(OCC(F)(F)F)n2)cc1)C(=O)O. The molecular formula is C34H38ClF3N8O6. The van der Waals surface area contributed by atoms with Gasteiger partial charge in [-0.2, -0.15) is 28.1 Å². The lowest BCUT2D eigenvalue weighted by atomic mass is 9.86. The molecule has 2 aromatic carbocycles. The fourth-order valence-electron chi connectivity index (χ4n) is 5.78. The lowest BCUT2D eigenvalue weighted by Gasteiger charge is -2.29. The van der Waals surface area contributed by atoms with Gasteiger partial charge in [0, 0.05) is 28.9 Å². The van der Waals surface area contributed by atoms with E-state index in [2.05, 4.69) is 41.5 Å². The highest BCUT2D eigenvalue weighted by Crippen LogP contribution is 2.48. The maximum atomic E-state index is 12.9. The Bertz CT molecular complexity index is 1760. The van der Waals surface area contributed by atoms with E-state index in [0.29, 0.717) is 23.6 Å². The third kappa shape index (κ3) is 10.7. The highest BCUT2D eigenvalue weighted by molar-refractivity contribution is 6.35. The van der Waals surface area contributed by atoms with Crippen LogP contribution in [-0.4, -0.2) is 75.2 Å². The van der Waals surface area contributed by atoms with E-state index in [-0.39, 0.29) is 42.4 Å². The van der Waals surface area contributed by atoms with Crippen LogP contribution in [0.2, 0.25) is 5.02 Å². The average Bonchev–Trinajstić information content (AvgIpc) is 3.88. The van der Waals surface area contributed by atoms with Gasteiger partial charge in [-0.1, -0.05) is 43.5 Å². The minimum atomic E-state index is -4.64.